The second-order valence-electron chi connectivity index (χ2n) is 5.11. The summed E-state index contributed by atoms with van der Waals surface area (Å²) in [7, 11) is 0. The number of halogens is 1. The van der Waals surface area contributed by atoms with E-state index in [0.29, 0.717) is 5.92 Å². The Hall–Kier alpha value is -0.870. The van der Waals surface area contributed by atoms with E-state index in [0.717, 1.165) is 42.4 Å². The van der Waals surface area contributed by atoms with E-state index in [1.165, 1.54) is 0 Å². The molecule has 0 radical (unpaired) electrons. The quantitative estimate of drug-likeness (QED) is 0.927. The summed E-state index contributed by atoms with van der Waals surface area (Å²) in [5.41, 5.74) is 0.734. The normalized spacial score (nSPS) is 18.4. The standard InChI is InChI=1S/C15H20BrNO2/c1-2-14(18)11-7-9-17(10-8-11)15(19)12-3-5-13(16)6-4-12/h3-6,11,14,18H,2,7-10H2,1H3. The fourth-order valence-electron chi connectivity index (χ4n) is 2.60. The Bertz CT molecular complexity index is 424. The molecule has 0 bridgehead atoms. The molecule has 1 aliphatic heterocycles. The topological polar surface area (TPSA) is 40.5 Å². The van der Waals surface area contributed by atoms with Crippen LogP contribution < -0.4 is 0 Å². The predicted molar refractivity (Wildman–Crippen MR) is 79.1 cm³/mol. The Kier molecular flexibility index (Phi) is 4.99. The Morgan fingerprint density at radius 1 is 1.37 bits per heavy atom. The molecule has 0 spiro atoms. The van der Waals surface area contributed by atoms with Crippen LogP contribution in [0, 0.1) is 5.92 Å². The summed E-state index contributed by atoms with van der Waals surface area (Å²) in [6.45, 7) is 3.50. The van der Waals surface area contributed by atoms with Crippen molar-refractivity contribution in [3.63, 3.8) is 0 Å². The van der Waals surface area contributed by atoms with Gasteiger partial charge in [-0.3, -0.25) is 4.79 Å². The maximum absolute atomic E-state index is 12.3. The summed E-state index contributed by atoms with van der Waals surface area (Å²) in [5.74, 6) is 0.441. The first kappa shape index (κ1) is 14.5. The van der Waals surface area contributed by atoms with Crippen LogP contribution in [0.2, 0.25) is 0 Å². The predicted octanol–water partition coefficient (Wildman–Crippen LogP) is 3.07. The number of benzene rings is 1. The Morgan fingerprint density at radius 3 is 2.47 bits per heavy atom. The second kappa shape index (κ2) is 6.53. The van der Waals surface area contributed by atoms with Gasteiger partial charge in [0, 0.05) is 23.1 Å². The molecule has 1 unspecified atom stereocenters. The molecule has 0 saturated carbocycles. The van der Waals surface area contributed by atoms with Crippen molar-refractivity contribution in [3.8, 4) is 0 Å². The zero-order valence-electron chi connectivity index (χ0n) is 11.2. The lowest BCUT2D eigenvalue weighted by atomic mass is 9.90. The van der Waals surface area contributed by atoms with Gasteiger partial charge in [-0.25, -0.2) is 0 Å². The van der Waals surface area contributed by atoms with Crippen LogP contribution in [0.25, 0.3) is 0 Å². The summed E-state index contributed by atoms with van der Waals surface area (Å²) < 4.78 is 0.980. The summed E-state index contributed by atoms with van der Waals surface area (Å²) >= 11 is 3.37. The average molecular weight is 326 g/mol. The Balaban J connectivity index is 1.94. The van der Waals surface area contributed by atoms with Crippen molar-refractivity contribution in [1.29, 1.82) is 0 Å². The molecule has 3 nitrogen and oxygen atoms in total. The molecule has 0 aliphatic carbocycles. The van der Waals surface area contributed by atoms with Crippen LogP contribution in [0.1, 0.15) is 36.5 Å². The van der Waals surface area contributed by atoms with Crippen molar-refractivity contribution in [3.05, 3.63) is 34.3 Å². The first-order valence-electron chi connectivity index (χ1n) is 6.84. The van der Waals surface area contributed by atoms with Gasteiger partial charge in [0.2, 0.25) is 0 Å². The molecule has 1 aromatic rings. The van der Waals surface area contributed by atoms with Crippen molar-refractivity contribution >= 4 is 21.8 Å². The maximum Gasteiger partial charge on any atom is 0.253 e. The van der Waals surface area contributed by atoms with Gasteiger partial charge in [-0.2, -0.15) is 0 Å². The lowest BCUT2D eigenvalue weighted by Gasteiger charge is -2.34. The van der Waals surface area contributed by atoms with Crippen LogP contribution >= 0.6 is 15.9 Å². The molecule has 1 fully saturated rings. The van der Waals surface area contributed by atoms with Crippen LogP contribution in [-0.2, 0) is 0 Å². The number of nitrogens with zero attached hydrogens (tertiary/aromatic N) is 1. The van der Waals surface area contributed by atoms with Gasteiger partial charge in [-0.1, -0.05) is 22.9 Å². The second-order valence-corrected chi connectivity index (χ2v) is 6.03. The van der Waals surface area contributed by atoms with Crippen LogP contribution in [0.4, 0.5) is 0 Å². The third-order valence-electron chi connectivity index (χ3n) is 3.88. The molecule has 2 rings (SSSR count). The van der Waals surface area contributed by atoms with Gasteiger partial charge in [0.1, 0.15) is 0 Å². The van der Waals surface area contributed by atoms with E-state index in [1.54, 1.807) is 0 Å². The molecule has 1 saturated heterocycles. The van der Waals surface area contributed by atoms with E-state index >= 15 is 0 Å². The smallest absolute Gasteiger partial charge is 0.253 e. The fraction of sp³-hybridized carbons (Fsp3) is 0.533. The van der Waals surface area contributed by atoms with Crippen LogP contribution in [0.15, 0.2) is 28.7 Å². The van der Waals surface area contributed by atoms with E-state index in [2.05, 4.69) is 15.9 Å². The number of hydrogen-bond acceptors (Lipinski definition) is 2. The van der Waals surface area contributed by atoms with E-state index in [1.807, 2.05) is 36.1 Å². The summed E-state index contributed by atoms with van der Waals surface area (Å²) in [6.07, 6.45) is 2.38. The van der Waals surface area contributed by atoms with E-state index in [9.17, 15) is 9.90 Å². The summed E-state index contributed by atoms with van der Waals surface area (Å²) in [6, 6.07) is 7.47. The Morgan fingerprint density at radius 2 is 1.95 bits per heavy atom. The van der Waals surface area contributed by atoms with Gasteiger partial charge in [-0.05, 0) is 49.4 Å². The number of aliphatic hydroxyl groups excluding tert-OH is 1. The molecule has 104 valence electrons. The minimum Gasteiger partial charge on any atom is -0.393 e. The monoisotopic (exact) mass is 325 g/mol. The highest BCUT2D eigenvalue weighted by Gasteiger charge is 2.26. The molecular weight excluding hydrogens is 306 g/mol. The van der Waals surface area contributed by atoms with Crippen molar-refractivity contribution in [1.82, 2.24) is 4.90 Å². The third kappa shape index (κ3) is 3.57. The highest BCUT2D eigenvalue weighted by atomic mass is 79.9. The van der Waals surface area contributed by atoms with Gasteiger partial charge in [0.15, 0.2) is 0 Å². The number of piperidine rings is 1. The lowest BCUT2D eigenvalue weighted by molar-refractivity contribution is 0.0454. The lowest BCUT2D eigenvalue weighted by Crippen LogP contribution is -2.41. The fourth-order valence-corrected chi connectivity index (χ4v) is 2.86. The van der Waals surface area contributed by atoms with Crippen LogP contribution in [0.5, 0.6) is 0 Å². The molecule has 1 N–H and O–H groups in total. The molecule has 1 amide bonds. The molecule has 0 aromatic heterocycles. The summed E-state index contributed by atoms with van der Waals surface area (Å²) in [5, 5.41) is 9.85. The van der Waals surface area contributed by atoms with Crippen molar-refractivity contribution in [2.24, 2.45) is 5.92 Å². The van der Waals surface area contributed by atoms with Crippen molar-refractivity contribution < 1.29 is 9.90 Å². The molecular formula is C15H20BrNO2. The SMILES string of the molecule is CCC(O)C1CCN(C(=O)c2ccc(Br)cc2)CC1. The van der Waals surface area contributed by atoms with E-state index in [4.69, 9.17) is 0 Å². The Labute approximate surface area is 122 Å². The third-order valence-corrected chi connectivity index (χ3v) is 4.41. The highest BCUT2D eigenvalue weighted by molar-refractivity contribution is 9.10. The highest BCUT2D eigenvalue weighted by Crippen LogP contribution is 2.23. The van der Waals surface area contributed by atoms with Crippen LogP contribution in [0.3, 0.4) is 0 Å². The van der Waals surface area contributed by atoms with Gasteiger partial charge in [-0.15, -0.1) is 0 Å². The molecule has 1 heterocycles. The number of hydrogen-bond donors (Lipinski definition) is 1. The minimum absolute atomic E-state index is 0.0944. The zero-order chi connectivity index (χ0) is 13.8. The number of aliphatic hydroxyl groups is 1. The molecule has 1 aliphatic rings. The first-order valence-corrected chi connectivity index (χ1v) is 7.64. The van der Waals surface area contributed by atoms with Gasteiger partial charge < -0.3 is 10.0 Å². The van der Waals surface area contributed by atoms with Gasteiger partial charge in [0.25, 0.3) is 5.91 Å². The number of carbonyl (C=O) groups excluding carboxylic acids is 1. The van der Waals surface area contributed by atoms with E-state index < -0.39 is 0 Å². The minimum atomic E-state index is -0.218. The molecule has 1 aromatic carbocycles. The van der Waals surface area contributed by atoms with Gasteiger partial charge >= 0.3 is 0 Å². The van der Waals surface area contributed by atoms with Crippen molar-refractivity contribution in [2.45, 2.75) is 32.3 Å². The zero-order valence-corrected chi connectivity index (χ0v) is 12.8. The number of amides is 1. The first-order chi connectivity index (χ1) is 9.11. The largest absolute Gasteiger partial charge is 0.393 e. The molecule has 1 atom stereocenters. The van der Waals surface area contributed by atoms with Crippen LogP contribution in [-0.4, -0.2) is 35.1 Å². The molecule has 4 heteroatoms. The number of carbonyl (C=O) groups is 1. The van der Waals surface area contributed by atoms with Gasteiger partial charge in [0.05, 0.1) is 6.10 Å². The average Bonchev–Trinajstić information content (AvgIpc) is 2.46. The molecule has 19 heavy (non-hydrogen) atoms. The number of likely N-dealkylation sites (tertiary alicyclic amines) is 1. The van der Waals surface area contributed by atoms with E-state index in [-0.39, 0.29) is 12.0 Å². The van der Waals surface area contributed by atoms with Crippen molar-refractivity contribution in [2.75, 3.05) is 13.1 Å². The summed E-state index contributed by atoms with van der Waals surface area (Å²) in [4.78, 5) is 14.2. The number of rotatable bonds is 3. The maximum atomic E-state index is 12.3.